The van der Waals surface area contributed by atoms with Gasteiger partial charge in [0.05, 0.1) is 23.0 Å². The molecule has 5 aromatic carbocycles. The third-order valence-corrected chi connectivity index (χ3v) is 10.5. The Morgan fingerprint density at radius 1 is 0.824 bits per heavy atom. The second kappa shape index (κ2) is 14.5. The number of carbonyl (C=O) groups is 1. The van der Waals surface area contributed by atoms with E-state index in [1.54, 1.807) is 0 Å². The van der Waals surface area contributed by atoms with Crippen molar-refractivity contribution in [1.29, 1.82) is 5.26 Å². The monoisotopic (exact) mass is 670 g/mol. The number of rotatable bonds is 10. The Morgan fingerprint density at radius 2 is 1.47 bits per heavy atom. The topological polar surface area (TPSA) is 71.2 Å². The Bertz CT molecular complexity index is 2060. The van der Waals surface area contributed by atoms with Crippen molar-refractivity contribution >= 4 is 5.91 Å². The van der Waals surface area contributed by atoms with Crippen molar-refractivity contribution in [2.75, 3.05) is 13.6 Å². The van der Waals surface area contributed by atoms with Crippen LogP contribution in [0.4, 0.5) is 0 Å². The number of imidazole rings is 1. The van der Waals surface area contributed by atoms with Crippen LogP contribution in [0.3, 0.4) is 0 Å². The van der Waals surface area contributed by atoms with Gasteiger partial charge in [-0.1, -0.05) is 123 Å². The Labute approximate surface area is 300 Å². The Morgan fingerprint density at radius 3 is 2.08 bits per heavy atom. The van der Waals surface area contributed by atoms with E-state index < -0.39 is 11.0 Å². The molecule has 0 spiro atoms. The third-order valence-electron chi connectivity index (χ3n) is 10.5. The number of likely N-dealkylation sites (tertiary alicyclic amines) is 1. The molecule has 6 heteroatoms. The van der Waals surface area contributed by atoms with Gasteiger partial charge in [-0.3, -0.25) is 4.79 Å². The van der Waals surface area contributed by atoms with Crippen molar-refractivity contribution in [3.63, 3.8) is 0 Å². The van der Waals surface area contributed by atoms with E-state index in [0.29, 0.717) is 29.9 Å². The quantitative estimate of drug-likeness (QED) is 0.136. The molecule has 1 amide bonds. The Hall–Kier alpha value is -5.93. The largest absolute Gasteiger partial charge is 0.456 e. The molecule has 0 radical (unpaired) electrons. The maximum Gasteiger partial charge on any atom is 0.232 e. The molecule has 6 nitrogen and oxygen atoms in total. The van der Waals surface area contributed by atoms with Gasteiger partial charge in [0.2, 0.25) is 5.91 Å². The molecule has 1 saturated heterocycles. The standard InChI is InChI=1S/C45H42N4O2/c1-3-44(26-13-14-27-48(2)43(44)50)39-22-15-23-41(30-39)51-42-29-34(24-25-35(42)31-46)28-40-32-49(33-47-40)45(36-16-7-4-8-17-36,37-18-9-5-10-19-37)38-20-11-6-12-21-38/h4-12,15-25,29-30,32-33H,3,13-14,26-28H2,1-2H3. The van der Waals surface area contributed by atoms with E-state index in [0.717, 1.165) is 59.3 Å². The molecule has 51 heavy (non-hydrogen) atoms. The van der Waals surface area contributed by atoms with Gasteiger partial charge in [-0.25, -0.2) is 4.98 Å². The van der Waals surface area contributed by atoms with E-state index in [4.69, 9.17) is 9.72 Å². The fourth-order valence-electron chi connectivity index (χ4n) is 7.82. The number of likely N-dealkylation sites (N-methyl/N-ethyl adjacent to an activating group) is 1. The normalized spacial score (nSPS) is 16.3. The molecule has 1 fully saturated rings. The van der Waals surface area contributed by atoms with Crippen LogP contribution >= 0.6 is 0 Å². The number of nitriles is 1. The molecule has 2 heterocycles. The van der Waals surface area contributed by atoms with E-state index in [2.05, 4.69) is 96.6 Å². The zero-order valence-electron chi connectivity index (χ0n) is 29.2. The van der Waals surface area contributed by atoms with Crippen molar-refractivity contribution in [2.24, 2.45) is 0 Å². The molecule has 1 aliphatic heterocycles. The van der Waals surface area contributed by atoms with Crippen LogP contribution in [-0.2, 0) is 22.2 Å². The van der Waals surface area contributed by atoms with Crippen LogP contribution in [0.2, 0.25) is 0 Å². The van der Waals surface area contributed by atoms with Crippen LogP contribution in [0, 0.1) is 11.3 Å². The van der Waals surface area contributed by atoms with Gasteiger partial charge in [-0.15, -0.1) is 0 Å². The summed E-state index contributed by atoms with van der Waals surface area (Å²) in [6.45, 7) is 2.87. The number of hydrogen-bond donors (Lipinski definition) is 0. The Balaban J connectivity index is 1.23. The minimum Gasteiger partial charge on any atom is -0.456 e. The molecule has 0 bridgehead atoms. The summed E-state index contributed by atoms with van der Waals surface area (Å²) in [6.07, 6.45) is 8.11. The van der Waals surface area contributed by atoms with Crippen molar-refractivity contribution in [3.8, 4) is 17.6 Å². The number of hydrogen-bond acceptors (Lipinski definition) is 4. The lowest BCUT2D eigenvalue weighted by Crippen LogP contribution is -2.43. The molecular formula is C45H42N4O2. The lowest BCUT2D eigenvalue weighted by atomic mass is 9.73. The van der Waals surface area contributed by atoms with E-state index in [9.17, 15) is 10.1 Å². The smallest absolute Gasteiger partial charge is 0.232 e. The van der Waals surface area contributed by atoms with Gasteiger partial charge >= 0.3 is 0 Å². The lowest BCUT2D eigenvalue weighted by molar-refractivity contribution is -0.135. The molecule has 7 rings (SSSR count). The summed E-state index contributed by atoms with van der Waals surface area (Å²) in [5.74, 6) is 1.25. The molecule has 0 aliphatic carbocycles. The minimum atomic E-state index is -0.650. The van der Waals surface area contributed by atoms with Crippen LogP contribution < -0.4 is 4.74 Å². The van der Waals surface area contributed by atoms with Crippen LogP contribution in [-0.4, -0.2) is 34.0 Å². The number of carbonyl (C=O) groups excluding carboxylic acids is 1. The summed E-state index contributed by atoms with van der Waals surface area (Å²) in [5.41, 5.74) is 5.42. The van der Waals surface area contributed by atoms with Crippen molar-refractivity contribution in [2.45, 2.75) is 50.0 Å². The van der Waals surface area contributed by atoms with Crippen LogP contribution in [0.5, 0.6) is 11.5 Å². The average Bonchev–Trinajstić information content (AvgIpc) is 3.59. The molecule has 1 aliphatic rings. The zero-order chi connectivity index (χ0) is 35.3. The first kappa shape index (κ1) is 33.6. The second-order valence-electron chi connectivity index (χ2n) is 13.4. The van der Waals surface area contributed by atoms with Gasteiger partial charge in [0.15, 0.2) is 0 Å². The van der Waals surface area contributed by atoms with E-state index in [-0.39, 0.29) is 5.91 Å². The summed E-state index contributed by atoms with van der Waals surface area (Å²) in [6, 6.07) is 47.5. The van der Waals surface area contributed by atoms with E-state index in [1.807, 2.05) is 78.9 Å². The summed E-state index contributed by atoms with van der Waals surface area (Å²) in [7, 11) is 1.90. The Kier molecular flexibility index (Phi) is 9.55. The molecule has 6 aromatic rings. The summed E-state index contributed by atoms with van der Waals surface area (Å²) in [4.78, 5) is 20.4. The number of aromatic nitrogens is 2. The molecule has 1 aromatic heterocycles. The highest BCUT2D eigenvalue weighted by Crippen LogP contribution is 2.42. The SMILES string of the molecule is CCC1(c2cccc(Oc3cc(Cc4cn(C(c5ccccc5)(c5ccccc5)c5ccccc5)cn4)ccc3C#N)c2)CCCCN(C)C1=O. The van der Waals surface area contributed by atoms with Crippen molar-refractivity contribution in [1.82, 2.24) is 14.5 Å². The van der Waals surface area contributed by atoms with E-state index >= 15 is 0 Å². The summed E-state index contributed by atoms with van der Waals surface area (Å²) < 4.78 is 8.67. The fourth-order valence-corrected chi connectivity index (χ4v) is 7.82. The highest BCUT2D eigenvalue weighted by molar-refractivity contribution is 5.88. The lowest BCUT2D eigenvalue weighted by Gasteiger charge is -2.37. The number of ether oxygens (including phenoxy) is 1. The van der Waals surface area contributed by atoms with Gasteiger partial charge in [0, 0.05) is 26.2 Å². The average molecular weight is 671 g/mol. The maximum absolute atomic E-state index is 13.6. The molecule has 1 atom stereocenters. The van der Waals surface area contributed by atoms with Crippen LogP contribution in [0.15, 0.2) is 146 Å². The number of nitrogens with zero attached hydrogens (tertiary/aromatic N) is 4. The van der Waals surface area contributed by atoms with Gasteiger partial charge in [-0.2, -0.15) is 5.26 Å². The first-order chi connectivity index (χ1) is 25.0. The molecular weight excluding hydrogens is 629 g/mol. The molecule has 254 valence electrons. The van der Waals surface area contributed by atoms with Crippen molar-refractivity contribution in [3.05, 3.63) is 185 Å². The van der Waals surface area contributed by atoms with Crippen molar-refractivity contribution < 1.29 is 9.53 Å². The third kappa shape index (κ3) is 6.32. The highest BCUT2D eigenvalue weighted by Gasteiger charge is 2.42. The molecule has 0 saturated carbocycles. The van der Waals surface area contributed by atoms with Gasteiger partial charge in [0.25, 0.3) is 0 Å². The van der Waals surface area contributed by atoms with Gasteiger partial charge in [0.1, 0.15) is 23.1 Å². The van der Waals surface area contributed by atoms with Crippen LogP contribution in [0.1, 0.15) is 71.7 Å². The van der Waals surface area contributed by atoms with Gasteiger partial charge in [-0.05, 0) is 71.3 Å². The zero-order valence-corrected chi connectivity index (χ0v) is 29.2. The predicted octanol–water partition coefficient (Wildman–Crippen LogP) is 9.27. The highest BCUT2D eigenvalue weighted by atomic mass is 16.5. The van der Waals surface area contributed by atoms with E-state index in [1.165, 1.54) is 0 Å². The fraction of sp³-hybridized carbons (Fsp3) is 0.222. The summed E-state index contributed by atoms with van der Waals surface area (Å²) in [5, 5.41) is 10.0. The van der Waals surface area contributed by atoms with Gasteiger partial charge < -0.3 is 14.2 Å². The number of benzene rings is 5. The summed E-state index contributed by atoms with van der Waals surface area (Å²) >= 11 is 0. The molecule has 0 N–H and O–H groups in total. The number of amides is 1. The minimum absolute atomic E-state index is 0.162. The first-order valence-electron chi connectivity index (χ1n) is 17.7. The van der Waals surface area contributed by atoms with Crippen LogP contribution in [0.25, 0.3) is 0 Å². The molecule has 1 unspecified atom stereocenters. The second-order valence-corrected chi connectivity index (χ2v) is 13.4. The first-order valence-corrected chi connectivity index (χ1v) is 17.7. The maximum atomic E-state index is 13.6. The predicted molar refractivity (Wildman–Crippen MR) is 201 cm³/mol.